The first-order valence-electron chi connectivity index (χ1n) is 5.31. The fourth-order valence-electron chi connectivity index (χ4n) is 1.95. The molecule has 0 aliphatic carbocycles. The highest BCUT2D eigenvalue weighted by Crippen LogP contribution is 2.27. The van der Waals surface area contributed by atoms with Gasteiger partial charge in [-0.05, 0) is 42.8 Å². The number of hydrogen-bond acceptors (Lipinski definition) is 3. The summed E-state index contributed by atoms with van der Waals surface area (Å²) in [5.41, 5.74) is 1.14. The summed E-state index contributed by atoms with van der Waals surface area (Å²) < 4.78 is 1.90. The van der Waals surface area contributed by atoms with Crippen LogP contribution in [0.5, 0.6) is 5.75 Å². The normalized spacial score (nSPS) is 11.1. The lowest BCUT2D eigenvalue weighted by molar-refractivity contribution is 0.476. The highest BCUT2D eigenvalue weighted by Gasteiger charge is 2.06. The number of aromatic hydroxyl groups is 1. The lowest BCUT2D eigenvalue weighted by atomic mass is 10.1. The van der Waals surface area contributed by atoms with Gasteiger partial charge >= 0.3 is 0 Å². The van der Waals surface area contributed by atoms with E-state index in [1.807, 2.05) is 25.1 Å². The number of fused-ring (bicyclic) bond motifs is 2. The highest BCUT2D eigenvalue weighted by atomic mass is 32.1. The third-order valence-corrected chi connectivity index (χ3v) is 3.94. The zero-order valence-corrected chi connectivity index (χ0v) is 10.0. The van der Waals surface area contributed by atoms with Gasteiger partial charge in [0, 0.05) is 20.2 Å². The van der Waals surface area contributed by atoms with E-state index < -0.39 is 0 Å². The van der Waals surface area contributed by atoms with Gasteiger partial charge in [-0.15, -0.1) is 11.3 Å². The van der Waals surface area contributed by atoms with Crippen LogP contribution >= 0.6 is 11.3 Å². The second-order valence-electron chi connectivity index (χ2n) is 4.11. The maximum absolute atomic E-state index is 12.2. The van der Waals surface area contributed by atoms with Crippen LogP contribution in [0.4, 0.5) is 0 Å². The van der Waals surface area contributed by atoms with Crippen molar-refractivity contribution in [2.75, 3.05) is 0 Å². The third-order valence-electron chi connectivity index (χ3n) is 2.81. The number of phenols is 1. The molecule has 0 aliphatic rings. The molecular weight excluding hydrogens is 232 g/mol. The van der Waals surface area contributed by atoms with Gasteiger partial charge in [0.15, 0.2) is 5.43 Å². The number of phenolic OH excluding ortho intramolecular Hbond substituents is 1. The zero-order chi connectivity index (χ0) is 12.0. The Hall–Kier alpha value is -1.87. The number of hydrogen-bond donors (Lipinski definition) is 1. The Morgan fingerprint density at radius 2 is 1.82 bits per heavy atom. The van der Waals surface area contributed by atoms with Crippen LogP contribution in [0.15, 0.2) is 41.2 Å². The Kier molecular flexibility index (Phi) is 2.16. The molecule has 2 aromatic carbocycles. The molecule has 0 bridgehead atoms. The van der Waals surface area contributed by atoms with Gasteiger partial charge in [-0.25, -0.2) is 0 Å². The molecule has 17 heavy (non-hydrogen) atoms. The van der Waals surface area contributed by atoms with Gasteiger partial charge in [-0.2, -0.15) is 0 Å². The van der Waals surface area contributed by atoms with Crippen LogP contribution in [0.3, 0.4) is 0 Å². The van der Waals surface area contributed by atoms with Crippen LogP contribution in [-0.4, -0.2) is 5.11 Å². The van der Waals surface area contributed by atoms with Crippen molar-refractivity contribution in [1.82, 2.24) is 0 Å². The maximum Gasteiger partial charge on any atom is 0.196 e. The molecule has 0 unspecified atom stereocenters. The van der Waals surface area contributed by atoms with E-state index in [0.717, 1.165) is 20.3 Å². The highest BCUT2D eigenvalue weighted by molar-refractivity contribution is 7.24. The molecule has 0 atom stereocenters. The first-order valence-corrected chi connectivity index (χ1v) is 6.13. The quantitative estimate of drug-likeness (QED) is 0.613. The largest absolute Gasteiger partial charge is 0.508 e. The van der Waals surface area contributed by atoms with E-state index in [1.165, 1.54) is 6.07 Å². The smallest absolute Gasteiger partial charge is 0.196 e. The van der Waals surface area contributed by atoms with Crippen LogP contribution < -0.4 is 5.43 Å². The topological polar surface area (TPSA) is 37.3 Å². The van der Waals surface area contributed by atoms with Gasteiger partial charge in [-0.1, -0.05) is 6.07 Å². The van der Waals surface area contributed by atoms with Crippen molar-refractivity contribution >= 4 is 31.5 Å². The first kappa shape index (κ1) is 10.3. The summed E-state index contributed by atoms with van der Waals surface area (Å²) in [4.78, 5) is 12.2. The fourth-order valence-corrected chi connectivity index (χ4v) is 3.10. The van der Waals surface area contributed by atoms with E-state index >= 15 is 0 Å². The molecule has 0 spiro atoms. The molecule has 0 aliphatic heterocycles. The molecule has 1 aromatic heterocycles. The van der Waals surface area contributed by atoms with Crippen molar-refractivity contribution in [3.8, 4) is 5.75 Å². The van der Waals surface area contributed by atoms with Crippen molar-refractivity contribution in [1.29, 1.82) is 0 Å². The van der Waals surface area contributed by atoms with Crippen LogP contribution in [0.25, 0.3) is 20.2 Å². The van der Waals surface area contributed by atoms with E-state index in [0.29, 0.717) is 5.39 Å². The molecule has 0 radical (unpaired) electrons. The van der Waals surface area contributed by atoms with E-state index in [9.17, 15) is 9.90 Å². The Morgan fingerprint density at radius 1 is 1.00 bits per heavy atom. The van der Waals surface area contributed by atoms with Crippen molar-refractivity contribution in [2.45, 2.75) is 6.92 Å². The van der Waals surface area contributed by atoms with Gasteiger partial charge < -0.3 is 5.11 Å². The Bertz CT molecular complexity index is 787. The molecule has 0 saturated heterocycles. The lowest BCUT2D eigenvalue weighted by Crippen LogP contribution is -2.00. The monoisotopic (exact) mass is 242 g/mol. The summed E-state index contributed by atoms with van der Waals surface area (Å²) in [5, 5.41) is 10.7. The molecule has 0 amide bonds. The molecular formula is C14H10O2S. The van der Waals surface area contributed by atoms with Gasteiger partial charge in [0.25, 0.3) is 0 Å². The van der Waals surface area contributed by atoms with E-state index in [1.54, 1.807) is 23.5 Å². The van der Waals surface area contributed by atoms with Gasteiger partial charge in [0.2, 0.25) is 0 Å². The number of aryl methyl sites for hydroxylation is 1. The molecule has 0 saturated carbocycles. The minimum atomic E-state index is -0.00958. The van der Waals surface area contributed by atoms with E-state index in [-0.39, 0.29) is 11.2 Å². The molecule has 3 rings (SSSR count). The van der Waals surface area contributed by atoms with Crippen molar-refractivity contribution in [3.05, 3.63) is 52.2 Å². The first-order chi connectivity index (χ1) is 8.15. The predicted molar refractivity (Wildman–Crippen MR) is 72.0 cm³/mol. The summed E-state index contributed by atoms with van der Waals surface area (Å²) in [7, 11) is 0. The second kappa shape index (κ2) is 3.57. The summed E-state index contributed by atoms with van der Waals surface area (Å²) in [6.45, 7) is 2.01. The van der Waals surface area contributed by atoms with Crippen LogP contribution in [0.1, 0.15) is 5.56 Å². The summed E-state index contributed by atoms with van der Waals surface area (Å²) in [6.07, 6.45) is 0. The van der Waals surface area contributed by atoms with Crippen molar-refractivity contribution in [3.63, 3.8) is 0 Å². The second-order valence-corrected chi connectivity index (χ2v) is 5.20. The molecule has 84 valence electrons. The predicted octanol–water partition coefficient (Wildman–Crippen LogP) is 3.43. The Balaban J connectivity index is 2.57. The Morgan fingerprint density at radius 3 is 2.65 bits per heavy atom. The lowest BCUT2D eigenvalue weighted by Gasteiger charge is -2.02. The summed E-state index contributed by atoms with van der Waals surface area (Å²) in [6, 6.07) is 10.7. The minimum absolute atomic E-state index is 0.00958. The van der Waals surface area contributed by atoms with Crippen LogP contribution in [-0.2, 0) is 0 Å². The van der Waals surface area contributed by atoms with Crippen LogP contribution in [0.2, 0.25) is 0 Å². The van der Waals surface area contributed by atoms with E-state index in [2.05, 4.69) is 0 Å². The molecule has 0 fully saturated rings. The summed E-state index contributed by atoms with van der Waals surface area (Å²) >= 11 is 1.58. The molecule has 1 heterocycles. The standard InChI is InChI=1S/C14H10O2S/c1-8-2-4-10-13(6-8)17-12-5-3-9(15)7-11(12)14(10)16/h2-7,15H,1H3. The van der Waals surface area contributed by atoms with Gasteiger partial charge in [-0.3, -0.25) is 4.79 Å². The summed E-state index contributed by atoms with van der Waals surface area (Å²) in [5.74, 6) is 0.133. The maximum atomic E-state index is 12.2. The average molecular weight is 242 g/mol. The fraction of sp³-hybridized carbons (Fsp3) is 0.0714. The van der Waals surface area contributed by atoms with Gasteiger partial charge in [0.1, 0.15) is 5.75 Å². The van der Waals surface area contributed by atoms with Crippen molar-refractivity contribution in [2.24, 2.45) is 0 Å². The zero-order valence-electron chi connectivity index (χ0n) is 9.23. The SMILES string of the molecule is Cc1ccc2c(=O)c3cc(O)ccc3sc2c1. The molecule has 2 nitrogen and oxygen atoms in total. The molecule has 3 heteroatoms. The Labute approximate surface area is 102 Å². The minimum Gasteiger partial charge on any atom is -0.508 e. The van der Waals surface area contributed by atoms with E-state index in [4.69, 9.17) is 0 Å². The van der Waals surface area contributed by atoms with Crippen molar-refractivity contribution < 1.29 is 5.11 Å². The molecule has 3 aromatic rings. The number of benzene rings is 2. The molecule has 1 N–H and O–H groups in total. The van der Waals surface area contributed by atoms with Gasteiger partial charge in [0.05, 0.1) is 0 Å². The third kappa shape index (κ3) is 1.59. The average Bonchev–Trinajstić information content (AvgIpc) is 2.30. The van der Waals surface area contributed by atoms with Crippen LogP contribution in [0, 0.1) is 6.92 Å². The number of rotatable bonds is 0.